The van der Waals surface area contributed by atoms with Gasteiger partial charge in [0.15, 0.2) is 6.10 Å². The summed E-state index contributed by atoms with van der Waals surface area (Å²) in [7, 11) is 1.59. The molecule has 140 valence electrons. The number of rotatable bonds is 5. The van der Waals surface area contributed by atoms with Gasteiger partial charge >= 0.3 is 0 Å². The Labute approximate surface area is 163 Å². The fraction of sp³-hybridized carbons (Fsp3) is 0.238. The Kier molecular flexibility index (Phi) is 5.51. The number of carbonyl (C=O) groups excluding carboxylic acids is 1. The number of benzene rings is 2. The predicted octanol–water partition coefficient (Wildman–Crippen LogP) is 4.92. The number of methoxy groups -OCH3 is 1. The first-order valence-corrected chi connectivity index (χ1v) is 8.94. The van der Waals surface area contributed by atoms with Crippen LogP contribution in [0, 0.1) is 13.8 Å². The van der Waals surface area contributed by atoms with E-state index < -0.39 is 6.10 Å². The molecule has 1 amide bonds. The molecule has 1 atom stereocenters. The number of aromatic nitrogens is 1. The third-order valence-corrected chi connectivity index (χ3v) is 4.90. The minimum Gasteiger partial charge on any atom is -0.494 e. The first kappa shape index (κ1) is 19.0. The Morgan fingerprint density at radius 3 is 2.56 bits per heavy atom. The molecule has 0 aliphatic heterocycles. The summed E-state index contributed by atoms with van der Waals surface area (Å²) < 4.78 is 11.1. The summed E-state index contributed by atoms with van der Waals surface area (Å²) in [6, 6.07) is 10.9. The van der Waals surface area contributed by atoms with E-state index in [1.165, 1.54) is 0 Å². The average molecular weight is 385 g/mol. The van der Waals surface area contributed by atoms with Crippen molar-refractivity contribution in [3.63, 3.8) is 0 Å². The molecule has 1 N–H and O–H groups in total. The first-order valence-electron chi connectivity index (χ1n) is 8.56. The molecule has 0 radical (unpaired) electrons. The van der Waals surface area contributed by atoms with Crippen LogP contribution in [0.4, 0.5) is 5.69 Å². The van der Waals surface area contributed by atoms with Gasteiger partial charge < -0.3 is 14.8 Å². The van der Waals surface area contributed by atoms with Crippen LogP contribution in [0.15, 0.2) is 42.6 Å². The Bertz CT molecular complexity index is 981. The maximum Gasteiger partial charge on any atom is 0.265 e. The highest BCUT2D eigenvalue weighted by Crippen LogP contribution is 2.30. The van der Waals surface area contributed by atoms with Crippen molar-refractivity contribution >= 4 is 34.1 Å². The van der Waals surface area contributed by atoms with E-state index in [-0.39, 0.29) is 5.91 Å². The molecule has 0 fully saturated rings. The monoisotopic (exact) mass is 384 g/mol. The molecule has 1 heterocycles. The SMILES string of the molecule is COc1ccc(NC(=O)C(C)Oc2cc(C)c(Cl)c(C)c2)c2cccnc12. The highest BCUT2D eigenvalue weighted by atomic mass is 35.5. The van der Waals surface area contributed by atoms with E-state index in [0.717, 1.165) is 16.5 Å². The second-order valence-electron chi connectivity index (χ2n) is 6.34. The molecule has 0 spiro atoms. The topological polar surface area (TPSA) is 60.5 Å². The molecule has 5 nitrogen and oxygen atoms in total. The third kappa shape index (κ3) is 3.98. The van der Waals surface area contributed by atoms with E-state index in [0.29, 0.717) is 27.7 Å². The van der Waals surface area contributed by atoms with Crippen molar-refractivity contribution < 1.29 is 14.3 Å². The van der Waals surface area contributed by atoms with Crippen LogP contribution >= 0.6 is 11.6 Å². The van der Waals surface area contributed by atoms with E-state index in [1.54, 1.807) is 32.4 Å². The van der Waals surface area contributed by atoms with Crippen LogP contribution in [0.1, 0.15) is 18.1 Å². The van der Waals surface area contributed by atoms with E-state index in [4.69, 9.17) is 21.1 Å². The van der Waals surface area contributed by atoms with Crippen LogP contribution in [0.2, 0.25) is 5.02 Å². The van der Waals surface area contributed by atoms with Crippen LogP contribution in [0.3, 0.4) is 0 Å². The summed E-state index contributed by atoms with van der Waals surface area (Å²) in [5.74, 6) is 1.01. The molecule has 0 bridgehead atoms. The van der Waals surface area contributed by atoms with Crippen LogP contribution in [-0.4, -0.2) is 24.1 Å². The van der Waals surface area contributed by atoms with Crippen LogP contribution in [-0.2, 0) is 4.79 Å². The maximum atomic E-state index is 12.6. The van der Waals surface area contributed by atoms with Crippen LogP contribution in [0.25, 0.3) is 10.9 Å². The molecular formula is C21H21ClN2O3. The van der Waals surface area contributed by atoms with Gasteiger partial charge in [0, 0.05) is 16.6 Å². The van der Waals surface area contributed by atoms with Gasteiger partial charge in [-0.1, -0.05) is 11.6 Å². The predicted molar refractivity (Wildman–Crippen MR) is 108 cm³/mol. The number of hydrogen-bond acceptors (Lipinski definition) is 4. The second kappa shape index (κ2) is 7.84. The van der Waals surface area contributed by atoms with Crippen molar-refractivity contribution in [3.8, 4) is 11.5 Å². The minimum absolute atomic E-state index is 0.254. The standard InChI is InChI=1S/C21H21ClN2O3/c1-12-10-15(11-13(2)19(12)22)27-14(3)21(25)24-17-7-8-18(26-4)20-16(17)6-5-9-23-20/h5-11,14H,1-4H3,(H,24,25). The van der Waals surface area contributed by atoms with Gasteiger partial charge in [-0.25, -0.2) is 0 Å². The first-order chi connectivity index (χ1) is 12.9. The Balaban J connectivity index is 1.80. The number of carbonyl (C=O) groups is 1. The average Bonchev–Trinajstić information content (AvgIpc) is 2.66. The summed E-state index contributed by atoms with van der Waals surface area (Å²) in [4.78, 5) is 17.0. The number of aryl methyl sites for hydroxylation is 2. The van der Waals surface area contributed by atoms with E-state index >= 15 is 0 Å². The molecular weight excluding hydrogens is 364 g/mol. The maximum absolute atomic E-state index is 12.6. The van der Waals surface area contributed by atoms with Crippen molar-refractivity contribution in [2.75, 3.05) is 12.4 Å². The highest BCUT2D eigenvalue weighted by molar-refractivity contribution is 6.32. The lowest BCUT2D eigenvalue weighted by molar-refractivity contribution is -0.122. The fourth-order valence-corrected chi connectivity index (χ4v) is 3.00. The van der Waals surface area contributed by atoms with Crippen molar-refractivity contribution in [1.82, 2.24) is 4.98 Å². The molecule has 0 saturated carbocycles. The van der Waals surface area contributed by atoms with Crippen molar-refractivity contribution in [1.29, 1.82) is 0 Å². The summed E-state index contributed by atoms with van der Waals surface area (Å²) >= 11 is 6.19. The molecule has 1 unspecified atom stereocenters. The lowest BCUT2D eigenvalue weighted by atomic mass is 10.1. The van der Waals surface area contributed by atoms with Gasteiger partial charge in [-0.3, -0.25) is 9.78 Å². The van der Waals surface area contributed by atoms with Gasteiger partial charge in [-0.15, -0.1) is 0 Å². The summed E-state index contributed by atoms with van der Waals surface area (Å²) in [5, 5.41) is 4.42. The molecule has 1 aromatic heterocycles. The Hall–Kier alpha value is -2.79. The number of amides is 1. The zero-order valence-corrected chi connectivity index (χ0v) is 16.4. The van der Waals surface area contributed by atoms with Gasteiger partial charge in [0.05, 0.1) is 12.8 Å². The number of hydrogen-bond donors (Lipinski definition) is 1. The zero-order valence-electron chi connectivity index (χ0n) is 15.7. The fourth-order valence-electron chi connectivity index (χ4n) is 2.89. The number of anilines is 1. The molecule has 2 aromatic carbocycles. The van der Waals surface area contributed by atoms with Crippen LogP contribution in [0.5, 0.6) is 11.5 Å². The molecule has 0 aliphatic carbocycles. The van der Waals surface area contributed by atoms with Crippen molar-refractivity contribution in [3.05, 3.63) is 58.7 Å². The Morgan fingerprint density at radius 1 is 1.19 bits per heavy atom. The Morgan fingerprint density at radius 2 is 1.89 bits per heavy atom. The van der Waals surface area contributed by atoms with E-state index in [2.05, 4.69) is 10.3 Å². The number of pyridine rings is 1. The number of fused-ring (bicyclic) bond motifs is 1. The molecule has 27 heavy (non-hydrogen) atoms. The smallest absolute Gasteiger partial charge is 0.265 e. The summed E-state index contributed by atoms with van der Waals surface area (Å²) in [6.45, 7) is 5.52. The molecule has 6 heteroatoms. The number of ether oxygens (including phenoxy) is 2. The largest absolute Gasteiger partial charge is 0.494 e. The molecule has 0 saturated heterocycles. The van der Waals surface area contributed by atoms with Crippen molar-refractivity contribution in [2.24, 2.45) is 0 Å². The van der Waals surface area contributed by atoms with Gasteiger partial charge in [-0.05, 0) is 68.3 Å². The number of nitrogens with zero attached hydrogens (tertiary/aromatic N) is 1. The molecule has 3 rings (SSSR count). The third-order valence-electron chi connectivity index (χ3n) is 4.30. The summed E-state index contributed by atoms with van der Waals surface area (Å²) in [6.07, 6.45) is 1.01. The summed E-state index contributed by atoms with van der Waals surface area (Å²) in [5.41, 5.74) is 3.16. The lowest BCUT2D eigenvalue weighted by Gasteiger charge is -2.17. The normalized spacial score (nSPS) is 11.9. The van der Waals surface area contributed by atoms with Gasteiger partial charge in [-0.2, -0.15) is 0 Å². The van der Waals surface area contributed by atoms with E-state index in [9.17, 15) is 4.79 Å². The van der Waals surface area contributed by atoms with Gasteiger partial charge in [0.1, 0.15) is 17.0 Å². The van der Waals surface area contributed by atoms with E-state index in [1.807, 2.05) is 38.1 Å². The number of halogens is 1. The highest BCUT2D eigenvalue weighted by Gasteiger charge is 2.18. The van der Waals surface area contributed by atoms with Crippen LogP contribution < -0.4 is 14.8 Å². The second-order valence-corrected chi connectivity index (χ2v) is 6.71. The van der Waals surface area contributed by atoms with Gasteiger partial charge in [0.25, 0.3) is 5.91 Å². The zero-order chi connectivity index (χ0) is 19.6. The quantitative estimate of drug-likeness (QED) is 0.678. The number of nitrogens with one attached hydrogen (secondary N) is 1. The van der Waals surface area contributed by atoms with Crippen molar-refractivity contribution in [2.45, 2.75) is 26.9 Å². The molecule has 3 aromatic rings. The molecule has 0 aliphatic rings. The lowest BCUT2D eigenvalue weighted by Crippen LogP contribution is -2.30. The minimum atomic E-state index is -0.682. The van der Waals surface area contributed by atoms with Gasteiger partial charge in [0.2, 0.25) is 0 Å².